The minimum absolute atomic E-state index is 0.117. The van der Waals surface area contributed by atoms with Crippen LogP contribution in [0.1, 0.15) is 29.7 Å². The van der Waals surface area contributed by atoms with E-state index < -0.39 is 0 Å². The van der Waals surface area contributed by atoms with E-state index in [1.807, 2.05) is 62.8 Å². The van der Waals surface area contributed by atoms with Crippen LogP contribution < -0.4 is 15.1 Å². The molecule has 7 nitrogen and oxygen atoms in total. The van der Waals surface area contributed by atoms with Gasteiger partial charge in [0.05, 0.1) is 12.6 Å². The molecule has 0 unspecified atom stereocenters. The molecule has 4 heterocycles. The highest BCUT2D eigenvalue weighted by Gasteiger charge is 2.27. The quantitative estimate of drug-likeness (QED) is 0.390. The average molecular weight is 484 g/mol. The van der Waals surface area contributed by atoms with E-state index in [9.17, 15) is 4.79 Å². The van der Waals surface area contributed by atoms with E-state index in [2.05, 4.69) is 36.5 Å². The number of para-hydroxylation sites is 1. The second-order valence-corrected chi connectivity index (χ2v) is 9.62. The van der Waals surface area contributed by atoms with Gasteiger partial charge in [-0.05, 0) is 55.7 Å². The molecule has 0 bridgehead atoms. The number of fused-ring (bicyclic) bond motifs is 1. The molecule has 0 amide bonds. The van der Waals surface area contributed by atoms with Crippen molar-refractivity contribution in [2.24, 2.45) is 7.05 Å². The van der Waals surface area contributed by atoms with Gasteiger partial charge in [0.25, 0.3) is 0 Å². The van der Waals surface area contributed by atoms with Gasteiger partial charge in [0, 0.05) is 86.3 Å². The summed E-state index contributed by atoms with van der Waals surface area (Å²) < 4.78 is 7.42. The van der Waals surface area contributed by atoms with E-state index in [1.54, 1.807) is 13.3 Å². The number of methoxy groups -OCH3 is 1. The fourth-order valence-electron chi connectivity index (χ4n) is 5.29. The molecule has 0 saturated carbocycles. The number of ether oxygens (including phenoxy) is 1. The predicted molar refractivity (Wildman–Crippen MR) is 143 cm³/mol. The first-order valence-electron chi connectivity index (χ1n) is 12.5. The van der Waals surface area contributed by atoms with Crippen molar-refractivity contribution in [3.63, 3.8) is 0 Å². The number of anilines is 1. The third-order valence-corrected chi connectivity index (χ3v) is 7.10. The Bertz CT molecular complexity index is 1420. The maximum atomic E-state index is 13.5. The average Bonchev–Trinajstić information content (AvgIpc) is 2.91. The normalized spacial score (nSPS) is 16.0. The van der Waals surface area contributed by atoms with Gasteiger partial charge in [-0.2, -0.15) is 0 Å². The maximum absolute atomic E-state index is 13.5. The van der Waals surface area contributed by atoms with Crippen LogP contribution in [0, 0.1) is 6.92 Å². The van der Waals surface area contributed by atoms with Crippen molar-refractivity contribution in [2.45, 2.75) is 38.9 Å². The van der Waals surface area contributed by atoms with Gasteiger partial charge >= 0.3 is 0 Å². The van der Waals surface area contributed by atoms with Crippen LogP contribution in [0.25, 0.3) is 10.9 Å². The summed E-state index contributed by atoms with van der Waals surface area (Å²) in [5.41, 5.74) is 5.23. The third kappa shape index (κ3) is 5.11. The highest BCUT2D eigenvalue weighted by molar-refractivity contribution is 5.79. The van der Waals surface area contributed by atoms with Crippen molar-refractivity contribution < 1.29 is 4.74 Å². The summed E-state index contributed by atoms with van der Waals surface area (Å²) in [6.45, 7) is 5.25. The molecule has 1 aliphatic heterocycles. The van der Waals surface area contributed by atoms with Crippen molar-refractivity contribution in [1.82, 2.24) is 19.4 Å². The molecular weight excluding hydrogens is 450 g/mol. The van der Waals surface area contributed by atoms with Crippen LogP contribution >= 0.6 is 0 Å². The second-order valence-electron chi connectivity index (χ2n) is 9.62. The van der Waals surface area contributed by atoms with E-state index in [4.69, 9.17) is 4.74 Å². The minimum Gasteiger partial charge on any atom is -0.481 e. The first-order chi connectivity index (χ1) is 17.5. The molecule has 0 aliphatic carbocycles. The lowest BCUT2D eigenvalue weighted by atomic mass is 10.0. The largest absolute Gasteiger partial charge is 0.481 e. The summed E-state index contributed by atoms with van der Waals surface area (Å²) in [5.74, 6) is 0.624. The zero-order chi connectivity index (χ0) is 25.1. The van der Waals surface area contributed by atoms with E-state index >= 15 is 0 Å². The minimum atomic E-state index is 0.117. The monoisotopic (exact) mass is 483 g/mol. The van der Waals surface area contributed by atoms with E-state index in [-0.39, 0.29) is 5.43 Å². The van der Waals surface area contributed by atoms with Crippen molar-refractivity contribution in [3.8, 4) is 5.88 Å². The van der Waals surface area contributed by atoms with E-state index in [1.165, 1.54) is 5.56 Å². The Balaban J connectivity index is 1.47. The number of hydrogen-bond acceptors (Lipinski definition) is 6. The number of rotatable bonds is 7. The zero-order valence-electron chi connectivity index (χ0n) is 21.2. The summed E-state index contributed by atoms with van der Waals surface area (Å²) in [5, 5.41) is 0.770. The van der Waals surface area contributed by atoms with Crippen LogP contribution in [-0.2, 0) is 20.1 Å². The molecule has 4 aromatic rings. The van der Waals surface area contributed by atoms with Gasteiger partial charge in [-0.1, -0.05) is 12.1 Å². The fourth-order valence-corrected chi connectivity index (χ4v) is 5.29. The number of piperidine rings is 1. The number of pyridine rings is 3. The highest BCUT2D eigenvalue weighted by atomic mass is 16.5. The Labute approximate surface area is 212 Å². The Kier molecular flexibility index (Phi) is 7.00. The molecule has 0 spiro atoms. The van der Waals surface area contributed by atoms with Crippen LogP contribution in [0.3, 0.4) is 0 Å². The number of hydrogen-bond donors (Lipinski definition) is 0. The van der Waals surface area contributed by atoms with Crippen LogP contribution in [-0.4, -0.2) is 45.7 Å². The molecule has 1 saturated heterocycles. The molecule has 1 aromatic carbocycles. The summed E-state index contributed by atoms with van der Waals surface area (Å²) in [6, 6.07) is 16.4. The van der Waals surface area contributed by atoms with Gasteiger partial charge in [-0.3, -0.25) is 14.7 Å². The van der Waals surface area contributed by atoms with E-state index in [0.29, 0.717) is 18.5 Å². The van der Waals surface area contributed by atoms with Crippen LogP contribution in [0.5, 0.6) is 5.88 Å². The SMILES string of the molecule is COc1cc(N2CCC[C@H](N(Cc3ccnc(C)c3)Cc3cn(C)c4ccccc4c3=O)C2)ccn1. The number of benzene rings is 1. The van der Waals surface area contributed by atoms with Gasteiger partial charge in [0.2, 0.25) is 5.88 Å². The van der Waals surface area contributed by atoms with Crippen LogP contribution in [0.15, 0.2) is 71.9 Å². The van der Waals surface area contributed by atoms with Gasteiger partial charge in [-0.25, -0.2) is 4.98 Å². The molecule has 1 aliphatic rings. The van der Waals surface area contributed by atoms with Gasteiger partial charge in [0.15, 0.2) is 5.43 Å². The first-order valence-corrected chi connectivity index (χ1v) is 12.5. The molecular formula is C29H33N5O2. The Morgan fingerprint density at radius 3 is 2.75 bits per heavy atom. The van der Waals surface area contributed by atoms with Crippen molar-refractivity contribution >= 4 is 16.6 Å². The molecule has 1 fully saturated rings. The molecule has 3 aromatic heterocycles. The topological polar surface area (TPSA) is 63.5 Å². The summed E-state index contributed by atoms with van der Waals surface area (Å²) in [7, 11) is 3.66. The van der Waals surface area contributed by atoms with Crippen molar-refractivity contribution in [2.75, 3.05) is 25.1 Å². The Morgan fingerprint density at radius 1 is 1.08 bits per heavy atom. The van der Waals surface area contributed by atoms with Gasteiger partial charge < -0.3 is 14.2 Å². The van der Waals surface area contributed by atoms with Gasteiger partial charge in [0.1, 0.15) is 0 Å². The third-order valence-electron chi connectivity index (χ3n) is 7.10. The van der Waals surface area contributed by atoms with Crippen LogP contribution in [0.2, 0.25) is 0 Å². The Hall–Kier alpha value is -3.71. The standard InChI is InChI=1S/C29H33N5O2/c1-21-15-22(10-12-30-21)17-34(19-23-18-32(2)27-9-5-4-8-26(27)29(23)35)25-7-6-14-33(20-25)24-11-13-31-28(16-24)36-3/h4-5,8-13,15-16,18,25H,6-7,14,17,19-20H2,1-3H3/t25-/m0/s1. The lowest BCUT2D eigenvalue weighted by Crippen LogP contribution is -2.48. The Morgan fingerprint density at radius 2 is 1.92 bits per heavy atom. The predicted octanol–water partition coefficient (Wildman–Crippen LogP) is 4.32. The summed E-state index contributed by atoms with van der Waals surface area (Å²) in [6.07, 6.45) is 7.83. The molecule has 1 atom stereocenters. The fraction of sp³-hybridized carbons (Fsp3) is 0.345. The van der Waals surface area contributed by atoms with Crippen LogP contribution in [0.4, 0.5) is 5.69 Å². The number of aromatic nitrogens is 3. The maximum Gasteiger partial charge on any atom is 0.214 e. The molecule has 7 heteroatoms. The smallest absolute Gasteiger partial charge is 0.214 e. The lowest BCUT2D eigenvalue weighted by Gasteiger charge is -2.40. The first kappa shape index (κ1) is 24.0. The van der Waals surface area contributed by atoms with E-state index in [0.717, 1.165) is 60.3 Å². The molecule has 5 rings (SSSR count). The highest BCUT2D eigenvalue weighted by Crippen LogP contribution is 2.26. The lowest BCUT2D eigenvalue weighted by molar-refractivity contribution is 0.158. The van der Waals surface area contributed by atoms with Crippen molar-refractivity contribution in [1.29, 1.82) is 0 Å². The molecule has 186 valence electrons. The molecule has 36 heavy (non-hydrogen) atoms. The van der Waals surface area contributed by atoms with Gasteiger partial charge in [-0.15, -0.1) is 0 Å². The number of nitrogens with zero attached hydrogens (tertiary/aromatic N) is 5. The molecule has 0 N–H and O–H groups in total. The zero-order valence-corrected chi connectivity index (χ0v) is 21.2. The second kappa shape index (κ2) is 10.5. The summed E-state index contributed by atoms with van der Waals surface area (Å²) in [4.78, 5) is 27.0. The van der Waals surface area contributed by atoms with Crippen molar-refractivity contribution in [3.05, 3.63) is 94.2 Å². The summed E-state index contributed by atoms with van der Waals surface area (Å²) >= 11 is 0. The number of aryl methyl sites for hydroxylation is 2. The molecule has 0 radical (unpaired) electrons.